The highest BCUT2D eigenvalue weighted by Gasteiger charge is 2.22. The molecule has 1 N–H and O–H groups in total. The predicted octanol–water partition coefficient (Wildman–Crippen LogP) is 3.96. The fraction of sp³-hybridized carbons (Fsp3) is 0.333. The van der Waals surface area contributed by atoms with E-state index in [0.717, 1.165) is 27.8 Å². The molecule has 0 aromatic heterocycles. The van der Waals surface area contributed by atoms with E-state index >= 15 is 0 Å². The average Bonchev–Trinajstić information content (AvgIpc) is 2.49. The highest BCUT2D eigenvalue weighted by Crippen LogP contribution is 2.26. The van der Waals surface area contributed by atoms with Crippen molar-refractivity contribution < 1.29 is 8.42 Å². The normalized spacial score (nSPS) is 13.1. The molecule has 0 unspecified atom stereocenters. The number of rotatable bonds is 4. The Hall–Kier alpha value is -1.65. The van der Waals surface area contributed by atoms with Gasteiger partial charge in [-0.15, -0.1) is 0 Å². The molecule has 0 aliphatic rings. The van der Waals surface area contributed by atoms with Gasteiger partial charge in [0.25, 0.3) is 0 Å². The Balaban J connectivity index is 2.40. The van der Waals surface area contributed by atoms with Gasteiger partial charge in [-0.2, -0.15) is 0 Å². The van der Waals surface area contributed by atoms with E-state index in [1.165, 1.54) is 0 Å². The van der Waals surface area contributed by atoms with Crippen LogP contribution in [0.25, 0.3) is 0 Å². The fourth-order valence-corrected chi connectivity index (χ4v) is 4.18. The first kappa shape index (κ1) is 16.7. The van der Waals surface area contributed by atoms with Crippen LogP contribution in [0, 0.1) is 27.7 Å². The molecular formula is C18H23NO2S. The maximum absolute atomic E-state index is 12.7. The lowest BCUT2D eigenvalue weighted by molar-refractivity contribution is 0.566. The molecule has 0 fully saturated rings. The summed E-state index contributed by atoms with van der Waals surface area (Å²) in [7, 11) is -3.55. The van der Waals surface area contributed by atoms with Crippen LogP contribution in [0.5, 0.6) is 0 Å². The van der Waals surface area contributed by atoms with Crippen LogP contribution in [0.2, 0.25) is 0 Å². The smallest absolute Gasteiger partial charge is 0.207 e. The van der Waals surface area contributed by atoms with Gasteiger partial charge in [-0.3, -0.25) is 0 Å². The Morgan fingerprint density at radius 3 is 2.09 bits per heavy atom. The van der Waals surface area contributed by atoms with Crippen molar-refractivity contribution in [2.75, 3.05) is 0 Å². The number of aryl methyl sites for hydroxylation is 1. The Morgan fingerprint density at radius 1 is 0.909 bits per heavy atom. The van der Waals surface area contributed by atoms with E-state index in [9.17, 15) is 8.42 Å². The van der Waals surface area contributed by atoms with Gasteiger partial charge in [0.05, 0.1) is 4.90 Å². The molecule has 2 aromatic carbocycles. The van der Waals surface area contributed by atoms with Gasteiger partial charge in [-0.25, -0.2) is 13.1 Å². The van der Waals surface area contributed by atoms with Gasteiger partial charge < -0.3 is 0 Å². The van der Waals surface area contributed by atoms with Crippen molar-refractivity contribution in [2.24, 2.45) is 0 Å². The minimum atomic E-state index is -3.55. The van der Waals surface area contributed by atoms with Gasteiger partial charge >= 0.3 is 0 Å². The molecule has 2 rings (SSSR count). The molecule has 1 atom stereocenters. The Labute approximate surface area is 133 Å². The van der Waals surface area contributed by atoms with Crippen LogP contribution in [0.3, 0.4) is 0 Å². The molecule has 3 nitrogen and oxygen atoms in total. The van der Waals surface area contributed by atoms with Crippen molar-refractivity contribution in [2.45, 2.75) is 45.6 Å². The van der Waals surface area contributed by atoms with E-state index in [-0.39, 0.29) is 6.04 Å². The van der Waals surface area contributed by atoms with Crippen molar-refractivity contribution in [3.8, 4) is 0 Å². The number of hydrogen-bond donors (Lipinski definition) is 1. The van der Waals surface area contributed by atoms with Crippen LogP contribution < -0.4 is 4.72 Å². The molecule has 0 heterocycles. The molecule has 4 heteroatoms. The zero-order chi connectivity index (χ0) is 16.5. The number of sulfonamides is 1. The summed E-state index contributed by atoms with van der Waals surface area (Å²) in [6.45, 7) is 9.66. The van der Waals surface area contributed by atoms with E-state index in [1.807, 2.05) is 65.0 Å². The van der Waals surface area contributed by atoms with Gasteiger partial charge in [0, 0.05) is 6.04 Å². The standard InChI is InChI=1S/C18H23NO2S/c1-12-11-18(15(4)14(3)13(12)2)22(20,21)19-16(5)17-9-7-6-8-10-17/h6-11,16,19H,1-5H3/t16-/m0/s1. The van der Waals surface area contributed by atoms with E-state index < -0.39 is 10.0 Å². The van der Waals surface area contributed by atoms with Gasteiger partial charge in [0.2, 0.25) is 10.0 Å². The summed E-state index contributed by atoms with van der Waals surface area (Å²) in [6, 6.07) is 11.1. The van der Waals surface area contributed by atoms with E-state index in [0.29, 0.717) is 4.90 Å². The molecule has 2 aromatic rings. The number of nitrogens with one attached hydrogen (secondary N) is 1. The maximum atomic E-state index is 12.7. The molecular weight excluding hydrogens is 294 g/mol. The van der Waals surface area contributed by atoms with Crippen LogP contribution in [0.4, 0.5) is 0 Å². The zero-order valence-corrected chi connectivity index (χ0v) is 14.6. The summed E-state index contributed by atoms with van der Waals surface area (Å²) >= 11 is 0. The Morgan fingerprint density at radius 2 is 1.50 bits per heavy atom. The summed E-state index contributed by atoms with van der Waals surface area (Å²) in [5.41, 5.74) is 4.94. The maximum Gasteiger partial charge on any atom is 0.241 e. The first-order chi connectivity index (χ1) is 10.2. The van der Waals surface area contributed by atoms with E-state index in [2.05, 4.69) is 4.72 Å². The predicted molar refractivity (Wildman–Crippen MR) is 90.6 cm³/mol. The molecule has 0 spiro atoms. The van der Waals surface area contributed by atoms with Gasteiger partial charge in [-0.1, -0.05) is 30.3 Å². The summed E-state index contributed by atoms with van der Waals surface area (Å²) in [5.74, 6) is 0. The summed E-state index contributed by atoms with van der Waals surface area (Å²) in [6.07, 6.45) is 0. The van der Waals surface area contributed by atoms with Crippen molar-refractivity contribution in [3.05, 3.63) is 64.2 Å². The molecule has 0 bridgehead atoms. The Kier molecular flexibility index (Phi) is 4.73. The highest BCUT2D eigenvalue weighted by atomic mass is 32.2. The molecule has 0 radical (unpaired) electrons. The lowest BCUT2D eigenvalue weighted by Gasteiger charge is -2.18. The van der Waals surface area contributed by atoms with E-state index in [1.54, 1.807) is 6.07 Å². The second-order valence-electron chi connectivity index (χ2n) is 5.82. The lowest BCUT2D eigenvalue weighted by atomic mass is 10.00. The molecule has 0 aliphatic heterocycles. The van der Waals surface area contributed by atoms with Crippen molar-refractivity contribution in [1.29, 1.82) is 0 Å². The molecule has 0 saturated carbocycles. The third-order valence-electron chi connectivity index (χ3n) is 4.35. The first-order valence-electron chi connectivity index (χ1n) is 7.38. The zero-order valence-electron chi connectivity index (χ0n) is 13.8. The van der Waals surface area contributed by atoms with E-state index in [4.69, 9.17) is 0 Å². The third kappa shape index (κ3) is 3.23. The fourth-order valence-electron chi connectivity index (χ4n) is 2.56. The topological polar surface area (TPSA) is 46.2 Å². The lowest BCUT2D eigenvalue weighted by Crippen LogP contribution is -2.27. The second kappa shape index (κ2) is 6.23. The van der Waals surface area contributed by atoms with Crippen LogP contribution in [-0.4, -0.2) is 8.42 Å². The summed E-state index contributed by atoms with van der Waals surface area (Å²) in [4.78, 5) is 0.371. The van der Waals surface area contributed by atoms with Crippen LogP contribution in [-0.2, 0) is 10.0 Å². The first-order valence-corrected chi connectivity index (χ1v) is 8.87. The van der Waals surface area contributed by atoms with Gasteiger partial charge in [0.1, 0.15) is 0 Å². The van der Waals surface area contributed by atoms with Crippen molar-refractivity contribution >= 4 is 10.0 Å². The highest BCUT2D eigenvalue weighted by molar-refractivity contribution is 7.89. The SMILES string of the molecule is Cc1cc(S(=O)(=O)N[C@@H](C)c2ccccc2)c(C)c(C)c1C. The van der Waals surface area contributed by atoms with Gasteiger partial charge in [0.15, 0.2) is 0 Å². The average molecular weight is 317 g/mol. The number of benzene rings is 2. The number of hydrogen-bond acceptors (Lipinski definition) is 2. The largest absolute Gasteiger partial charge is 0.241 e. The minimum Gasteiger partial charge on any atom is -0.207 e. The molecule has 118 valence electrons. The summed E-state index contributed by atoms with van der Waals surface area (Å²) in [5, 5.41) is 0. The second-order valence-corrected chi connectivity index (χ2v) is 7.50. The monoisotopic (exact) mass is 317 g/mol. The Bertz CT molecular complexity index is 780. The van der Waals surface area contributed by atoms with Crippen LogP contribution in [0.1, 0.15) is 40.8 Å². The van der Waals surface area contributed by atoms with Crippen LogP contribution >= 0.6 is 0 Å². The van der Waals surface area contributed by atoms with Gasteiger partial charge in [-0.05, 0) is 68.5 Å². The molecule has 22 heavy (non-hydrogen) atoms. The van der Waals surface area contributed by atoms with Crippen molar-refractivity contribution in [3.63, 3.8) is 0 Å². The molecule has 0 aliphatic carbocycles. The minimum absolute atomic E-state index is 0.271. The molecule has 0 amide bonds. The molecule has 0 saturated heterocycles. The van der Waals surface area contributed by atoms with Crippen LogP contribution in [0.15, 0.2) is 41.3 Å². The quantitative estimate of drug-likeness (QED) is 0.928. The third-order valence-corrected chi connectivity index (χ3v) is 6.02. The van der Waals surface area contributed by atoms with Crippen molar-refractivity contribution in [1.82, 2.24) is 4.72 Å². The summed E-state index contributed by atoms with van der Waals surface area (Å²) < 4.78 is 28.3.